The van der Waals surface area contributed by atoms with Crippen LogP contribution in [0.1, 0.15) is 44.5 Å². The number of benzene rings is 11. The SMILES string of the molecule is Cc1ccc([S+](c2ccc(Oc3ccc([I+]c4ccc(Oc5ccc([S+](c6ccc(C)cc6C)c6ccc(C)cc6C)cc5)cc4)cc3)cc2)c2ccc(C)cc2C)c(C)c1.O=S(=O)([O-])c1c(F)c(F)c(F)c(F)c1F.O=S(=O)([O-])c1c(F)c(F)c(F)c(F)c1F.O=S(=O)([O-])c1c(F)c(F)c(F)c(F)c1F. The molecule has 11 aromatic carbocycles. The Morgan fingerprint density at radius 2 is 0.443 bits per heavy atom. The fourth-order valence-electron chi connectivity index (χ4n) is 10.1. The highest BCUT2D eigenvalue weighted by atomic mass is 127. The minimum atomic E-state index is -5.77. The van der Waals surface area contributed by atoms with Crippen LogP contribution < -0.4 is 30.7 Å². The predicted octanol–water partition coefficient (Wildman–Crippen LogP) is 15.9. The maximum atomic E-state index is 12.6. The standard InChI is InChI=1S/C56H52IO2S2.3C6HF5O3S/c1-37-9-29-53(41(5)33-37)60(54-30-10-38(2)34-42(54)6)51-25-21-49(22-26-51)58-47-17-13-45(14-18-47)57-46-15-19-48(20-16-46)59-50-23-27-52(28-24-50)61(55-31-11-39(3)35-43(55)7)56-32-12-40(4)36-44(56)8;3*7-1-2(8)4(10)6(15(12,13)14)5(11)3(1)9/h9-36H,1-8H3;3*(H,12,13,14)/q+3;;;/p-3. The van der Waals surface area contributed by atoms with Gasteiger partial charge in [0.25, 0.3) is 0 Å². The molecule has 0 saturated carbocycles. The van der Waals surface area contributed by atoms with Gasteiger partial charge in [0, 0.05) is 22.3 Å². The van der Waals surface area contributed by atoms with E-state index >= 15 is 0 Å². The van der Waals surface area contributed by atoms with Crippen LogP contribution in [0.3, 0.4) is 0 Å². The van der Waals surface area contributed by atoms with E-state index < -0.39 is 132 Å². The number of aryl methyl sites for hydroxylation is 8. The number of rotatable bonds is 15. The summed E-state index contributed by atoms with van der Waals surface area (Å²) in [5.74, 6) is -35.1. The molecule has 0 radical (unpaired) electrons. The van der Waals surface area contributed by atoms with Gasteiger partial charge >= 0.3 is 21.2 Å². The van der Waals surface area contributed by atoms with Crippen LogP contribution in [0.25, 0.3) is 0 Å². The van der Waals surface area contributed by atoms with E-state index in [0.717, 1.165) is 23.0 Å². The summed E-state index contributed by atoms with van der Waals surface area (Å²) in [6.07, 6.45) is 0. The normalized spacial score (nSPS) is 11.5. The largest absolute Gasteiger partial charge is 0.744 e. The molecule has 0 unspecified atom stereocenters. The highest BCUT2D eigenvalue weighted by Gasteiger charge is 2.36. The molecule has 0 amide bonds. The third-order valence-corrected chi connectivity index (χ3v) is 25.2. The Hall–Kier alpha value is -8.87. The molecule has 11 rings (SSSR count). The minimum Gasteiger partial charge on any atom is -0.744 e. The molecular weight excluding hydrogens is 1640 g/mol. The molecule has 0 atom stereocenters. The summed E-state index contributed by atoms with van der Waals surface area (Å²) in [6, 6.07) is 61.8. The van der Waals surface area contributed by atoms with Crippen molar-refractivity contribution in [1.29, 1.82) is 0 Å². The van der Waals surface area contributed by atoms with Gasteiger partial charge in [0.1, 0.15) is 68.0 Å². The van der Waals surface area contributed by atoms with Crippen molar-refractivity contribution in [3.05, 3.63) is 309 Å². The first-order chi connectivity index (χ1) is 49.5. The van der Waals surface area contributed by atoms with Crippen molar-refractivity contribution in [2.45, 2.75) is 99.4 Å². The molecule has 0 aromatic heterocycles. The van der Waals surface area contributed by atoms with Gasteiger partial charge in [-0.25, -0.2) is 91.1 Å². The lowest BCUT2D eigenvalue weighted by molar-refractivity contribution is -0.597. The van der Waals surface area contributed by atoms with Crippen molar-refractivity contribution in [2.75, 3.05) is 0 Å². The zero-order chi connectivity index (χ0) is 78.5. The Bertz CT molecular complexity index is 4920. The summed E-state index contributed by atoms with van der Waals surface area (Å²) in [7, 11) is -17.8. The van der Waals surface area contributed by atoms with Gasteiger partial charge < -0.3 is 23.1 Å². The van der Waals surface area contributed by atoms with Crippen LogP contribution in [0.5, 0.6) is 23.0 Å². The Morgan fingerprint density at radius 1 is 0.264 bits per heavy atom. The minimum absolute atomic E-state index is 0.221. The monoisotopic (exact) mass is 1690 g/mol. The molecule has 0 spiro atoms. The molecule has 0 N–H and O–H groups in total. The maximum absolute atomic E-state index is 12.6. The molecule has 556 valence electrons. The van der Waals surface area contributed by atoms with Crippen molar-refractivity contribution >= 4 is 52.1 Å². The van der Waals surface area contributed by atoms with Crippen molar-refractivity contribution < 1.29 is 135 Å². The molecule has 11 aromatic rings. The van der Waals surface area contributed by atoms with E-state index in [-0.39, 0.29) is 43.0 Å². The fraction of sp³-hybridized carbons (Fsp3) is 0.108. The molecule has 0 bridgehead atoms. The molecule has 0 aliphatic rings. The summed E-state index contributed by atoms with van der Waals surface area (Å²) >= 11 is -0.361. The highest BCUT2D eigenvalue weighted by Crippen LogP contribution is 2.40. The zero-order valence-corrected chi connectivity index (χ0v) is 62.0. The lowest BCUT2D eigenvalue weighted by Gasteiger charge is -2.14. The van der Waals surface area contributed by atoms with Gasteiger partial charge in [0.05, 0.1) is 21.8 Å². The molecule has 106 heavy (non-hydrogen) atoms. The molecule has 11 nitrogen and oxygen atoms in total. The molecule has 0 fully saturated rings. The highest BCUT2D eigenvalue weighted by molar-refractivity contribution is 7.97. The lowest BCUT2D eigenvalue weighted by atomic mass is 10.2. The summed E-state index contributed by atoms with van der Waals surface area (Å²) in [6.45, 7) is 17.6. The van der Waals surface area contributed by atoms with Crippen LogP contribution in [-0.2, 0) is 52.1 Å². The summed E-state index contributed by atoms with van der Waals surface area (Å²) in [4.78, 5) is 0.902. The lowest BCUT2D eigenvalue weighted by Crippen LogP contribution is -3.61. The van der Waals surface area contributed by atoms with E-state index in [1.165, 1.54) is 81.0 Å². The van der Waals surface area contributed by atoms with E-state index in [1.54, 1.807) is 0 Å². The smallest absolute Gasteiger partial charge is 0.357 e. The van der Waals surface area contributed by atoms with E-state index in [2.05, 4.69) is 225 Å². The van der Waals surface area contributed by atoms with Gasteiger partial charge in [-0.3, -0.25) is 0 Å². The maximum Gasteiger partial charge on any atom is 0.357 e. The number of ether oxygens (including phenoxy) is 2. The van der Waals surface area contributed by atoms with Crippen LogP contribution >= 0.6 is 0 Å². The first-order valence-corrected chi connectivity index (χ1v) is 38.9. The molecule has 0 saturated heterocycles. The average Bonchev–Trinajstić information content (AvgIpc) is 0.787. The van der Waals surface area contributed by atoms with Gasteiger partial charge in [-0.15, -0.1) is 0 Å². The second-order valence-electron chi connectivity index (χ2n) is 22.9. The van der Waals surface area contributed by atoms with Crippen LogP contribution in [0.15, 0.2) is 214 Å². The first-order valence-electron chi connectivity index (χ1n) is 30.1. The van der Waals surface area contributed by atoms with Crippen LogP contribution in [-0.4, -0.2) is 38.9 Å². The second kappa shape index (κ2) is 33.9. The van der Waals surface area contributed by atoms with Gasteiger partial charge in [-0.2, -0.15) is 0 Å². The molecule has 0 heterocycles. The molecular formula is C74H52F15IO11S5. The molecule has 32 heteroatoms. The summed E-state index contributed by atoms with van der Waals surface area (Å²) in [5, 5.41) is 0. The van der Waals surface area contributed by atoms with Crippen molar-refractivity contribution in [2.24, 2.45) is 0 Å². The van der Waals surface area contributed by atoms with E-state index in [9.17, 15) is 105 Å². The van der Waals surface area contributed by atoms with E-state index in [0.29, 0.717) is 0 Å². The Labute approximate surface area is 614 Å². The van der Waals surface area contributed by atoms with Gasteiger partial charge in [-0.05, 0) is 177 Å². The van der Waals surface area contributed by atoms with Crippen molar-refractivity contribution in [3.63, 3.8) is 0 Å². The quantitative estimate of drug-likeness (QED) is 0.0237. The van der Waals surface area contributed by atoms with Gasteiger partial charge in [0.2, 0.25) is 17.5 Å². The third-order valence-electron chi connectivity index (χ3n) is 14.9. The second-order valence-corrected chi connectivity index (χ2v) is 33.8. The Morgan fingerprint density at radius 3 is 0.623 bits per heavy atom. The van der Waals surface area contributed by atoms with E-state index in [4.69, 9.17) is 9.47 Å². The molecule has 0 aliphatic carbocycles. The fourth-order valence-corrected chi connectivity index (χ4v) is 18.7. The average molecular weight is 1690 g/mol. The Balaban J connectivity index is 0.000000252. The Kier molecular flexibility index (Phi) is 26.5. The summed E-state index contributed by atoms with van der Waals surface area (Å²) in [5.41, 5.74) is 10.4. The topological polar surface area (TPSA) is 190 Å². The van der Waals surface area contributed by atoms with Crippen LogP contribution in [0, 0.1) is 150 Å². The number of halogens is 16. The van der Waals surface area contributed by atoms with Crippen LogP contribution in [0.4, 0.5) is 65.9 Å². The number of hydrogen-bond donors (Lipinski definition) is 0. The van der Waals surface area contributed by atoms with Crippen LogP contribution in [0.2, 0.25) is 0 Å². The van der Waals surface area contributed by atoms with Crippen molar-refractivity contribution in [1.82, 2.24) is 0 Å². The zero-order valence-electron chi connectivity index (χ0n) is 55.7. The molecule has 0 aliphatic heterocycles. The predicted molar refractivity (Wildman–Crippen MR) is 354 cm³/mol. The number of hydrogen-bond acceptors (Lipinski definition) is 11. The third kappa shape index (κ3) is 19.3. The first kappa shape index (κ1) is 82.8. The van der Waals surface area contributed by atoms with Crippen molar-refractivity contribution in [3.8, 4) is 23.0 Å². The summed E-state index contributed by atoms with van der Waals surface area (Å²) < 4.78 is 294. The van der Waals surface area contributed by atoms with E-state index in [1.807, 2.05) is 0 Å². The van der Waals surface area contributed by atoms with Gasteiger partial charge in [-0.1, -0.05) is 70.8 Å². The van der Waals surface area contributed by atoms with Gasteiger partial charge in [0.15, 0.2) is 106 Å².